The van der Waals surface area contributed by atoms with Crippen molar-refractivity contribution < 1.29 is 34.3 Å². The van der Waals surface area contributed by atoms with Crippen LogP contribution in [0.25, 0.3) is 11.1 Å². The Morgan fingerprint density at radius 2 is 1.72 bits per heavy atom. The Morgan fingerprint density at radius 3 is 2.36 bits per heavy atom. The van der Waals surface area contributed by atoms with Crippen LogP contribution in [0.1, 0.15) is 19.0 Å². The average molecular weight is 563 g/mol. The van der Waals surface area contributed by atoms with E-state index in [9.17, 15) is 20.1 Å². The summed E-state index contributed by atoms with van der Waals surface area (Å²) >= 11 is 5.97. The Bertz CT molecular complexity index is 1160. The van der Waals surface area contributed by atoms with Gasteiger partial charge in [-0.1, -0.05) is 29.8 Å². The maximum Gasteiger partial charge on any atom is 0.239 e. The number of ether oxygens (including phenoxy) is 3. The van der Waals surface area contributed by atoms with E-state index in [1.807, 2.05) is 18.2 Å². The number of nitrogens with one attached hydrogen (secondary N) is 3. The molecule has 3 heterocycles. The van der Waals surface area contributed by atoms with E-state index in [0.29, 0.717) is 10.7 Å². The van der Waals surface area contributed by atoms with Gasteiger partial charge in [-0.05, 0) is 51.2 Å². The lowest BCUT2D eigenvalue weighted by molar-refractivity contribution is -0.449. The monoisotopic (exact) mass is 562 g/mol. The summed E-state index contributed by atoms with van der Waals surface area (Å²) in [6.07, 6.45) is -3.65. The lowest BCUT2D eigenvalue weighted by Crippen LogP contribution is -2.79. The van der Waals surface area contributed by atoms with Crippen LogP contribution in [0.5, 0.6) is 0 Å². The Labute approximate surface area is 231 Å². The molecule has 212 valence electrons. The van der Waals surface area contributed by atoms with Crippen molar-refractivity contribution in [2.24, 2.45) is 0 Å². The second-order valence-corrected chi connectivity index (χ2v) is 10.8. The fraction of sp³-hybridized carbons (Fsp3) is 0.556. The molecule has 5 rings (SSSR count). The SMILES string of the molecule is CN[C@@H]1[C@H](O)[C@H](NC)C2O[C@]3(O)C(OC2[C@@H]1O)O[C@H](C)C[C@H]3NC(=O)Cc1ccc(-c2ccc(Cl)cc2)cn1. The second-order valence-electron chi connectivity index (χ2n) is 10.4. The van der Waals surface area contributed by atoms with Crippen LogP contribution in [0.15, 0.2) is 42.6 Å². The number of fused-ring (bicyclic) bond motifs is 2. The number of rotatable bonds is 6. The summed E-state index contributed by atoms with van der Waals surface area (Å²) in [5.74, 6) is -2.40. The third-order valence-electron chi connectivity index (χ3n) is 7.83. The Morgan fingerprint density at radius 1 is 1.03 bits per heavy atom. The molecule has 3 unspecified atom stereocenters. The predicted molar refractivity (Wildman–Crippen MR) is 142 cm³/mol. The minimum absolute atomic E-state index is 0.0132. The quantitative estimate of drug-likeness (QED) is 0.282. The van der Waals surface area contributed by atoms with Crippen molar-refractivity contribution in [1.29, 1.82) is 0 Å². The van der Waals surface area contributed by atoms with Gasteiger partial charge in [0.25, 0.3) is 0 Å². The van der Waals surface area contributed by atoms with Gasteiger partial charge in [0.2, 0.25) is 18.0 Å². The molecule has 3 fully saturated rings. The topological polar surface area (TPSA) is 154 Å². The van der Waals surface area contributed by atoms with Crippen molar-refractivity contribution in [3.63, 3.8) is 0 Å². The molecular weight excluding hydrogens is 528 g/mol. The number of benzene rings is 1. The number of likely N-dealkylation sites (N-methyl/N-ethyl adjacent to an activating group) is 2. The summed E-state index contributed by atoms with van der Waals surface area (Å²) < 4.78 is 18.1. The Kier molecular flexibility index (Phi) is 8.25. The molecule has 11 nitrogen and oxygen atoms in total. The number of halogens is 1. The van der Waals surface area contributed by atoms with Gasteiger partial charge in [0.1, 0.15) is 18.3 Å². The molecule has 2 saturated heterocycles. The van der Waals surface area contributed by atoms with Crippen LogP contribution in [0.3, 0.4) is 0 Å². The van der Waals surface area contributed by atoms with Crippen LogP contribution in [-0.4, -0.2) is 101 Å². The summed E-state index contributed by atoms with van der Waals surface area (Å²) in [6, 6.07) is 8.83. The average Bonchev–Trinajstić information content (AvgIpc) is 2.90. The zero-order valence-electron chi connectivity index (χ0n) is 22.0. The molecule has 1 aromatic heterocycles. The van der Waals surface area contributed by atoms with Crippen LogP contribution < -0.4 is 16.0 Å². The van der Waals surface area contributed by atoms with Crippen LogP contribution in [0.2, 0.25) is 5.02 Å². The molecule has 39 heavy (non-hydrogen) atoms. The van der Waals surface area contributed by atoms with E-state index in [-0.39, 0.29) is 24.9 Å². The number of aromatic nitrogens is 1. The maximum atomic E-state index is 13.1. The van der Waals surface area contributed by atoms with Crippen LogP contribution in [-0.2, 0) is 25.4 Å². The zero-order chi connectivity index (χ0) is 27.9. The molecule has 10 atom stereocenters. The number of nitrogens with zero attached hydrogens (tertiary/aromatic N) is 1. The van der Waals surface area contributed by atoms with Gasteiger partial charge >= 0.3 is 0 Å². The van der Waals surface area contributed by atoms with Gasteiger partial charge in [-0.2, -0.15) is 0 Å². The summed E-state index contributed by atoms with van der Waals surface area (Å²) in [7, 11) is 3.29. The normalized spacial score (nSPS) is 38.0. The van der Waals surface area contributed by atoms with E-state index in [4.69, 9.17) is 25.8 Å². The lowest BCUT2D eigenvalue weighted by Gasteiger charge is -2.58. The summed E-state index contributed by atoms with van der Waals surface area (Å²) in [4.78, 5) is 17.5. The minimum atomic E-state index is -2.05. The van der Waals surface area contributed by atoms with Gasteiger partial charge in [0.15, 0.2) is 0 Å². The number of pyridine rings is 1. The molecular formula is C27H35ClN4O7. The highest BCUT2D eigenvalue weighted by Gasteiger charge is 2.63. The van der Waals surface area contributed by atoms with Gasteiger partial charge in [-0.3, -0.25) is 9.78 Å². The van der Waals surface area contributed by atoms with Crippen molar-refractivity contribution in [3.05, 3.63) is 53.3 Å². The highest BCUT2D eigenvalue weighted by atomic mass is 35.5. The molecule has 6 N–H and O–H groups in total. The highest BCUT2D eigenvalue weighted by molar-refractivity contribution is 6.30. The summed E-state index contributed by atoms with van der Waals surface area (Å²) in [6.45, 7) is 1.80. The molecule has 1 aliphatic carbocycles. The standard InChI is InChI=1S/C27H35ClN4O7/c1-13-10-18(32-19(33)11-17-9-6-15(12-31-17)14-4-7-16(28)8-5-14)27(36)26(37-13)38-25-23(35)20(29-2)22(34)21(30-3)24(25)39-27/h4-9,12-13,18,20-26,29-30,34-36H,10-11H2,1-3H3,(H,32,33)/t13-,18-,20-,21+,22+,23-,24?,25?,26?,27+/m1/s1. The molecule has 1 aromatic carbocycles. The number of carbonyl (C=O) groups is 1. The highest BCUT2D eigenvalue weighted by Crippen LogP contribution is 2.42. The number of hydrogen-bond donors (Lipinski definition) is 6. The summed E-state index contributed by atoms with van der Waals surface area (Å²) in [5.41, 5.74) is 2.41. The number of aliphatic hydroxyl groups excluding tert-OH is 2. The van der Waals surface area contributed by atoms with E-state index >= 15 is 0 Å². The van der Waals surface area contributed by atoms with E-state index in [1.165, 1.54) is 0 Å². The summed E-state index contributed by atoms with van der Waals surface area (Å²) in [5, 5.41) is 42.9. The first-order valence-electron chi connectivity index (χ1n) is 13.1. The first kappa shape index (κ1) is 28.3. The largest absolute Gasteiger partial charge is 0.390 e. The van der Waals surface area contributed by atoms with Gasteiger partial charge in [-0.15, -0.1) is 0 Å². The molecule has 2 aliphatic heterocycles. The molecule has 3 aliphatic rings. The van der Waals surface area contributed by atoms with E-state index in [0.717, 1.165) is 11.1 Å². The molecule has 12 heteroatoms. The minimum Gasteiger partial charge on any atom is -0.390 e. The van der Waals surface area contributed by atoms with Crippen LogP contribution in [0.4, 0.5) is 0 Å². The van der Waals surface area contributed by atoms with Crippen LogP contribution >= 0.6 is 11.6 Å². The van der Waals surface area contributed by atoms with Gasteiger partial charge in [0.05, 0.1) is 36.8 Å². The van der Waals surface area contributed by atoms with Gasteiger partial charge < -0.3 is 45.5 Å². The zero-order valence-corrected chi connectivity index (χ0v) is 22.7. The lowest BCUT2D eigenvalue weighted by atomic mass is 9.79. The predicted octanol–water partition coefficient (Wildman–Crippen LogP) is -0.0518. The number of hydrogen-bond acceptors (Lipinski definition) is 10. The van der Waals surface area contributed by atoms with E-state index in [1.54, 1.807) is 45.4 Å². The molecule has 0 radical (unpaired) electrons. The molecule has 0 bridgehead atoms. The van der Waals surface area contributed by atoms with Gasteiger partial charge in [0, 0.05) is 22.5 Å². The molecule has 2 aromatic rings. The third-order valence-corrected chi connectivity index (χ3v) is 8.08. The second kappa shape index (κ2) is 11.4. The first-order valence-corrected chi connectivity index (χ1v) is 13.4. The van der Waals surface area contributed by atoms with Crippen LogP contribution in [0, 0.1) is 0 Å². The third kappa shape index (κ3) is 5.43. The van der Waals surface area contributed by atoms with Crippen molar-refractivity contribution in [2.75, 3.05) is 14.1 Å². The fourth-order valence-electron chi connectivity index (χ4n) is 5.77. The number of aliphatic hydroxyl groups is 3. The molecule has 0 spiro atoms. The van der Waals surface area contributed by atoms with Crippen molar-refractivity contribution in [2.45, 2.75) is 80.5 Å². The van der Waals surface area contributed by atoms with Crippen molar-refractivity contribution in [3.8, 4) is 11.1 Å². The van der Waals surface area contributed by atoms with Gasteiger partial charge in [-0.25, -0.2) is 0 Å². The maximum absolute atomic E-state index is 13.1. The Balaban J connectivity index is 1.30. The van der Waals surface area contributed by atoms with Crippen molar-refractivity contribution >= 4 is 17.5 Å². The first-order chi connectivity index (χ1) is 18.6. The molecule has 1 saturated carbocycles. The Hall–Kier alpha value is -2.19. The number of amides is 1. The molecule has 1 amide bonds. The fourth-order valence-corrected chi connectivity index (χ4v) is 5.90. The van der Waals surface area contributed by atoms with E-state index < -0.39 is 54.6 Å². The van der Waals surface area contributed by atoms with E-state index in [2.05, 4.69) is 20.9 Å². The smallest absolute Gasteiger partial charge is 0.239 e. The van der Waals surface area contributed by atoms with Crippen molar-refractivity contribution in [1.82, 2.24) is 20.9 Å². The number of carbonyl (C=O) groups excluding carboxylic acids is 1.